The Morgan fingerprint density at radius 1 is 1.35 bits per heavy atom. The number of hydrogen-bond acceptors (Lipinski definition) is 5. The van der Waals surface area contributed by atoms with E-state index in [0.29, 0.717) is 18.4 Å². The second-order valence-corrected chi connectivity index (χ2v) is 4.69. The van der Waals surface area contributed by atoms with Gasteiger partial charge in [0.1, 0.15) is 0 Å². The Kier molecular flexibility index (Phi) is 4.52. The zero-order valence-corrected chi connectivity index (χ0v) is 11.6. The molecule has 108 valence electrons. The molecular weight excluding hydrogens is 260 g/mol. The largest absolute Gasteiger partial charge is 0.469 e. The van der Waals surface area contributed by atoms with E-state index in [1.807, 2.05) is 6.07 Å². The van der Waals surface area contributed by atoms with Crippen LogP contribution < -0.4 is 0 Å². The van der Waals surface area contributed by atoms with Gasteiger partial charge >= 0.3 is 5.97 Å². The lowest BCUT2D eigenvalue weighted by atomic mass is 9.82. The summed E-state index contributed by atoms with van der Waals surface area (Å²) in [5.74, 6) is -0.610. The average Bonchev–Trinajstić information content (AvgIpc) is 2.50. The first kappa shape index (κ1) is 14.7. The van der Waals surface area contributed by atoms with Gasteiger partial charge in [-0.2, -0.15) is 0 Å². The van der Waals surface area contributed by atoms with E-state index in [9.17, 15) is 9.59 Å². The Bertz CT molecular complexity index is 484. The molecule has 1 aliphatic rings. The highest BCUT2D eigenvalue weighted by molar-refractivity contribution is 5.93. The van der Waals surface area contributed by atoms with Gasteiger partial charge in [-0.25, -0.2) is 0 Å². The topological polar surface area (TPSA) is 61.8 Å². The fraction of sp³-hybridized carbons (Fsp3) is 0.467. The SMILES string of the molecule is COC(=O)C[C@]1(c2ccccc2)O[C@H](OC)CCC1=O. The van der Waals surface area contributed by atoms with Crippen LogP contribution in [0, 0.1) is 0 Å². The number of rotatable bonds is 4. The highest BCUT2D eigenvalue weighted by atomic mass is 16.7. The van der Waals surface area contributed by atoms with Crippen molar-refractivity contribution >= 4 is 11.8 Å². The third kappa shape index (κ3) is 2.73. The van der Waals surface area contributed by atoms with Gasteiger partial charge in [-0.15, -0.1) is 0 Å². The van der Waals surface area contributed by atoms with Crippen molar-refractivity contribution in [3.8, 4) is 0 Å². The van der Waals surface area contributed by atoms with E-state index in [1.165, 1.54) is 14.2 Å². The third-order valence-electron chi connectivity index (χ3n) is 3.51. The number of ether oxygens (including phenoxy) is 3. The molecule has 0 unspecified atom stereocenters. The third-order valence-corrected chi connectivity index (χ3v) is 3.51. The van der Waals surface area contributed by atoms with E-state index in [1.54, 1.807) is 24.3 Å². The highest BCUT2D eigenvalue weighted by Gasteiger charge is 2.48. The molecule has 0 aliphatic carbocycles. The van der Waals surface area contributed by atoms with Crippen molar-refractivity contribution in [3.05, 3.63) is 35.9 Å². The van der Waals surface area contributed by atoms with Crippen molar-refractivity contribution in [3.63, 3.8) is 0 Å². The van der Waals surface area contributed by atoms with Crippen LogP contribution in [0.2, 0.25) is 0 Å². The maximum Gasteiger partial charge on any atom is 0.309 e. The summed E-state index contributed by atoms with van der Waals surface area (Å²) in [4.78, 5) is 24.1. The second-order valence-electron chi connectivity index (χ2n) is 4.69. The smallest absolute Gasteiger partial charge is 0.309 e. The van der Waals surface area contributed by atoms with Crippen molar-refractivity contribution < 1.29 is 23.8 Å². The highest BCUT2D eigenvalue weighted by Crippen LogP contribution is 2.38. The number of hydrogen-bond donors (Lipinski definition) is 0. The summed E-state index contributed by atoms with van der Waals surface area (Å²) in [7, 11) is 2.82. The van der Waals surface area contributed by atoms with Gasteiger partial charge in [0.25, 0.3) is 0 Å². The van der Waals surface area contributed by atoms with Gasteiger partial charge in [0, 0.05) is 20.0 Å². The van der Waals surface area contributed by atoms with E-state index in [-0.39, 0.29) is 12.2 Å². The van der Waals surface area contributed by atoms with Crippen LogP contribution in [0.25, 0.3) is 0 Å². The Labute approximate surface area is 117 Å². The van der Waals surface area contributed by atoms with E-state index < -0.39 is 17.9 Å². The lowest BCUT2D eigenvalue weighted by Crippen LogP contribution is -2.48. The van der Waals surface area contributed by atoms with Crippen LogP contribution in [0.5, 0.6) is 0 Å². The van der Waals surface area contributed by atoms with Crippen LogP contribution in [-0.4, -0.2) is 32.3 Å². The summed E-state index contributed by atoms with van der Waals surface area (Å²) in [6.45, 7) is 0. The van der Waals surface area contributed by atoms with Gasteiger partial charge in [-0.3, -0.25) is 9.59 Å². The lowest BCUT2D eigenvalue weighted by Gasteiger charge is -2.38. The minimum absolute atomic E-state index is 0.123. The molecule has 1 aliphatic heterocycles. The van der Waals surface area contributed by atoms with Gasteiger partial charge < -0.3 is 14.2 Å². The predicted molar refractivity (Wildman–Crippen MR) is 70.9 cm³/mol. The number of Topliss-reactive ketones (excluding diaryl/α,β-unsaturated/α-hetero) is 1. The Morgan fingerprint density at radius 3 is 2.65 bits per heavy atom. The molecule has 0 spiro atoms. The zero-order chi connectivity index (χ0) is 14.6. The monoisotopic (exact) mass is 278 g/mol. The Balaban J connectivity index is 2.42. The van der Waals surface area contributed by atoms with E-state index in [4.69, 9.17) is 14.2 Å². The first-order chi connectivity index (χ1) is 9.62. The average molecular weight is 278 g/mol. The fourth-order valence-electron chi connectivity index (χ4n) is 2.42. The first-order valence-corrected chi connectivity index (χ1v) is 6.48. The van der Waals surface area contributed by atoms with Crippen LogP contribution in [0.4, 0.5) is 0 Å². The zero-order valence-electron chi connectivity index (χ0n) is 11.6. The van der Waals surface area contributed by atoms with Crippen molar-refractivity contribution in [1.29, 1.82) is 0 Å². The molecule has 0 saturated carbocycles. The van der Waals surface area contributed by atoms with E-state index in [0.717, 1.165) is 0 Å². The number of esters is 1. The van der Waals surface area contributed by atoms with Crippen LogP contribution in [0.15, 0.2) is 30.3 Å². The lowest BCUT2D eigenvalue weighted by molar-refractivity contribution is -0.227. The number of carbonyl (C=O) groups is 2. The summed E-state index contributed by atoms with van der Waals surface area (Å²) in [6.07, 6.45) is 0.152. The summed E-state index contributed by atoms with van der Waals surface area (Å²) < 4.78 is 15.7. The predicted octanol–water partition coefficient (Wildman–Crippen LogP) is 1.80. The molecule has 0 aromatic heterocycles. The Hall–Kier alpha value is -1.72. The van der Waals surface area contributed by atoms with Gasteiger partial charge in [0.2, 0.25) is 0 Å². The van der Waals surface area contributed by atoms with Gasteiger partial charge in [0.05, 0.1) is 13.5 Å². The van der Waals surface area contributed by atoms with Crippen molar-refractivity contribution in [2.24, 2.45) is 0 Å². The molecular formula is C15H18O5. The fourth-order valence-corrected chi connectivity index (χ4v) is 2.42. The number of ketones is 1. The summed E-state index contributed by atoms with van der Waals surface area (Å²) in [5, 5.41) is 0. The first-order valence-electron chi connectivity index (χ1n) is 6.48. The van der Waals surface area contributed by atoms with Crippen molar-refractivity contribution in [1.82, 2.24) is 0 Å². The normalized spacial score (nSPS) is 26.3. The van der Waals surface area contributed by atoms with Crippen molar-refractivity contribution in [2.45, 2.75) is 31.2 Å². The molecule has 0 radical (unpaired) electrons. The van der Waals surface area contributed by atoms with Crippen LogP contribution in [0.1, 0.15) is 24.8 Å². The number of methoxy groups -OCH3 is 2. The maximum absolute atomic E-state index is 12.4. The summed E-state index contributed by atoms with van der Waals surface area (Å²) >= 11 is 0. The quantitative estimate of drug-likeness (QED) is 0.786. The standard InChI is InChI=1S/C15H18O5/c1-18-13(17)10-15(11-6-4-3-5-7-11)12(16)8-9-14(19-2)20-15/h3-7,14H,8-10H2,1-2H3/t14-,15+/m0/s1. The molecule has 5 heteroatoms. The van der Waals surface area contributed by atoms with Crippen LogP contribution in [-0.2, 0) is 29.4 Å². The molecule has 2 rings (SSSR count). The van der Waals surface area contributed by atoms with Crippen LogP contribution >= 0.6 is 0 Å². The molecule has 1 aromatic rings. The molecule has 0 N–H and O–H groups in total. The second kappa shape index (κ2) is 6.15. The molecule has 20 heavy (non-hydrogen) atoms. The molecule has 1 heterocycles. The number of benzene rings is 1. The molecule has 1 saturated heterocycles. The van der Waals surface area contributed by atoms with Crippen LogP contribution in [0.3, 0.4) is 0 Å². The minimum Gasteiger partial charge on any atom is -0.469 e. The summed E-state index contributed by atoms with van der Waals surface area (Å²) in [5.41, 5.74) is -0.662. The molecule has 0 amide bonds. The molecule has 2 atom stereocenters. The van der Waals surface area contributed by atoms with Gasteiger partial charge in [0.15, 0.2) is 17.7 Å². The van der Waals surface area contributed by atoms with Gasteiger partial charge in [-0.05, 0) is 5.56 Å². The molecule has 1 fully saturated rings. The van der Waals surface area contributed by atoms with E-state index >= 15 is 0 Å². The molecule has 1 aromatic carbocycles. The molecule has 5 nitrogen and oxygen atoms in total. The van der Waals surface area contributed by atoms with Gasteiger partial charge in [-0.1, -0.05) is 30.3 Å². The summed E-state index contributed by atoms with van der Waals surface area (Å²) in [6, 6.07) is 9.01. The number of carbonyl (C=O) groups excluding carboxylic acids is 2. The maximum atomic E-state index is 12.4. The minimum atomic E-state index is -1.31. The van der Waals surface area contributed by atoms with Crippen molar-refractivity contribution in [2.75, 3.05) is 14.2 Å². The molecule has 0 bridgehead atoms. The van der Waals surface area contributed by atoms with E-state index in [2.05, 4.69) is 0 Å². The Morgan fingerprint density at radius 2 is 2.05 bits per heavy atom.